The number of unbranched alkanes of at least 4 members (excludes halogenated alkanes) is 27. The standard InChI is InChI=1S/C43H85NO8/c1-3-5-7-9-11-13-15-17-19-20-22-24-26-28-30-32-39(46)44-37(36-51-43-42(49)41(48)40(47)38(34-45)52-43)35-50-33-31-29-27-25-23-21-18-16-14-12-10-8-6-4-2/h37-38,40-43,45,47-49H,3-36H2,1-2H3,(H,44,46)/t37-,38-,40+,41+,42-,43-/m1/s1. The van der Waals surface area contributed by atoms with E-state index >= 15 is 0 Å². The van der Waals surface area contributed by atoms with Crippen LogP contribution in [-0.4, -0.2) is 89.5 Å². The van der Waals surface area contributed by atoms with Crippen molar-refractivity contribution in [1.82, 2.24) is 5.32 Å². The van der Waals surface area contributed by atoms with Crippen LogP contribution < -0.4 is 5.32 Å². The van der Waals surface area contributed by atoms with Gasteiger partial charge in [0.25, 0.3) is 0 Å². The van der Waals surface area contributed by atoms with Crippen molar-refractivity contribution < 1.29 is 39.4 Å². The molecule has 1 amide bonds. The van der Waals surface area contributed by atoms with Crippen LogP contribution in [0.4, 0.5) is 0 Å². The molecule has 5 N–H and O–H groups in total. The van der Waals surface area contributed by atoms with Crippen LogP contribution in [0.2, 0.25) is 0 Å². The zero-order valence-electron chi connectivity index (χ0n) is 33.9. The summed E-state index contributed by atoms with van der Waals surface area (Å²) in [4.78, 5) is 12.9. The minimum absolute atomic E-state index is 0.00598. The SMILES string of the molecule is CCCCCCCCCCCCCCCCCC(=O)N[C@H](COCCCCCCCCCCCCCCCC)CO[C@@H]1O[C@H](CO)[C@H](O)[C@H](O)[C@H]1O. The van der Waals surface area contributed by atoms with Gasteiger partial charge in [0, 0.05) is 13.0 Å². The summed E-state index contributed by atoms with van der Waals surface area (Å²) < 4.78 is 17.2. The topological polar surface area (TPSA) is 138 Å². The van der Waals surface area contributed by atoms with E-state index in [-0.39, 0.29) is 19.1 Å². The molecular formula is C43H85NO8. The minimum atomic E-state index is -1.51. The number of rotatable bonds is 38. The van der Waals surface area contributed by atoms with Crippen molar-refractivity contribution in [3.05, 3.63) is 0 Å². The van der Waals surface area contributed by atoms with E-state index in [1.165, 1.54) is 154 Å². The van der Waals surface area contributed by atoms with Crippen LogP contribution in [0.1, 0.15) is 206 Å². The Morgan fingerprint density at radius 1 is 0.558 bits per heavy atom. The maximum atomic E-state index is 12.9. The molecule has 1 aliphatic rings. The molecule has 1 saturated heterocycles. The number of hydrogen-bond acceptors (Lipinski definition) is 8. The first-order valence-electron chi connectivity index (χ1n) is 22.2. The van der Waals surface area contributed by atoms with Crippen molar-refractivity contribution in [3.8, 4) is 0 Å². The Labute approximate surface area is 319 Å². The van der Waals surface area contributed by atoms with Crippen LogP contribution in [0.25, 0.3) is 0 Å². The first kappa shape index (κ1) is 49.2. The third kappa shape index (κ3) is 26.9. The Hall–Kier alpha value is -0.810. The summed E-state index contributed by atoms with van der Waals surface area (Å²) in [6, 6.07) is -0.456. The second-order valence-corrected chi connectivity index (χ2v) is 15.7. The lowest BCUT2D eigenvalue weighted by molar-refractivity contribution is -0.302. The van der Waals surface area contributed by atoms with E-state index in [4.69, 9.17) is 14.2 Å². The third-order valence-corrected chi connectivity index (χ3v) is 10.6. The summed E-state index contributed by atoms with van der Waals surface area (Å²) in [7, 11) is 0. The first-order chi connectivity index (χ1) is 25.4. The van der Waals surface area contributed by atoms with E-state index in [0.29, 0.717) is 13.0 Å². The van der Waals surface area contributed by atoms with Crippen molar-refractivity contribution in [3.63, 3.8) is 0 Å². The van der Waals surface area contributed by atoms with E-state index in [0.717, 1.165) is 32.1 Å². The number of amides is 1. The summed E-state index contributed by atoms with van der Waals surface area (Å²) in [5.41, 5.74) is 0. The zero-order valence-corrected chi connectivity index (χ0v) is 33.9. The number of carbonyl (C=O) groups excluding carboxylic acids is 1. The molecule has 0 aromatic carbocycles. The molecule has 1 heterocycles. The average molecular weight is 744 g/mol. The quantitative estimate of drug-likeness (QED) is 0.0395. The highest BCUT2D eigenvalue weighted by Gasteiger charge is 2.44. The smallest absolute Gasteiger partial charge is 0.220 e. The molecule has 0 aliphatic carbocycles. The van der Waals surface area contributed by atoms with Gasteiger partial charge in [-0.05, 0) is 12.8 Å². The van der Waals surface area contributed by atoms with Crippen LogP contribution in [0.5, 0.6) is 0 Å². The van der Waals surface area contributed by atoms with Crippen LogP contribution in [0, 0.1) is 0 Å². The highest BCUT2D eigenvalue weighted by molar-refractivity contribution is 5.76. The van der Waals surface area contributed by atoms with Crippen molar-refractivity contribution in [2.45, 2.75) is 243 Å². The number of carbonyl (C=O) groups is 1. The molecule has 1 rings (SSSR count). The minimum Gasteiger partial charge on any atom is -0.394 e. The molecular weight excluding hydrogens is 658 g/mol. The van der Waals surface area contributed by atoms with E-state index < -0.39 is 43.4 Å². The van der Waals surface area contributed by atoms with Crippen LogP contribution in [0.3, 0.4) is 0 Å². The van der Waals surface area contributed by atoms with Crippen LogP contribution >= 0.6 is 0 Å². The maximum absolute atomic E-state index is 12.9. The van der Waals surface area contributed by atoms with Gasteiger partial charge in [0.2, 0.25) is 5.91 Å². The summed E-state index contributed by atoms with van der Waals surface area (Å²) in [6.45, 7) is 4.88. The molecule has 1 fully saturated rings. The summed E-state index contributed by atoms with van der Waals surface area (Å²) in [5, 5.41) is 43.1. The van der Waals surface area contributed by atoms with Gasteiger partial charge in [-0.25, -0.2) is 0 Å². The molecule has 0 aromatic heterocycles. The Morgan fingerprint density at radius 2 is 0.962 bits per heavy atom. The van der Waals surface area contributed by atoms with Crippen molar-refractivity contribution >= 4 is 5.91 Å². The molecule has 310 valence electrons. The molecule has 52 heavy (non-hydrogen) atoms. The lowest BCUT2D eigenvalue weighted by Crippen LogP contribution is -2.59. The van der Waals surface area contributed by atoms with Gasteiger partial charge in [-0.15, -0.1) is 0 Å². The molecule has 0 bridgehead atoms. The van der Waals surface area contributed by atoms with Crippen LogP contribution in [0.15, 0.2) is 0 Å². The zero-order chi connectivity index (χ0) is 37.9. The van der Waals surface area contributed by atoms with Gasteiger partial charge in [0.05, 0.1) is 25.9 Å². The fourth-order valence-corrected chi connectivity index (χ4v) is 7.13. The third-order valence-electron chi connectivity index (χ3n) is 10.6. The highest BCUT2D eigenvalue weighted by Crippen LogP contribution is 2.22. The molecule has 0 radical (unpaired) electrons. The molecule has 0 spiro atoms. The van der Waals surface area contributed by atoms with Gasteiger partial charge >= 0.3 is 0 Å². The first-order valence-corrected chi connectivity index (χ1v) is 22.2. The lowest BCUT2D eigenvalue weighted by Gasteiger charge is -2.40. The summed E-state index contributed by atoms with van der Waals surface area (Å²) in [6.07, 6.45) is 31.1. The number of nitrogens with one attached hydrogen (secondary N) is 1. The van der Waals surface area contributed by atoms with Gasteiger partial charge in [0.1, 0.15) is 24.4 Å². The molecule has 0 aromatic rings. The monoisotopic (exact) mass is 744 g/mol. The number of aliphatic hydroxyl groups excluding tert-OH is 4. The summed E-state index contributed by atoms with van der Waals surface area (Å²) >= 11 is 0. The Balaban J connectivity index is 2.26. The fourth-order valence-electron chi connectivity index (χ4n) is 7.13. The molecule has 6 atom stereocenters. The second kappa shape index (κ2) is 35.9. The molecule has 1 aliphatic heterocycles. The van der Waals surface area contributed by atoms with E-state index in [1.807, 2.05) is 0 Å². The highest BCUT2D eigenvalue weighted by atomic mass is 16.7. The number of hydrogen-bond donors (Lipinski definition) is 5. The van der Waals surface area contributed by atoms with Crippen molar-refractivity contribution in [1.29, 1.82) is 0 Å². The number of aliphatic hydroxyl groups is 4. The van der Waals surface area contributed by atoms with Gasteiger partial charge in [-0.3, -0.25) is 4.79 Å². The number of ether oxygens (including phenoxy) is 3. The predicted molar refractivity (Wildman–Crippen MR) is 212 cm³/mol. The van der Waals surface area contributed by atoms with Gasteiger partial charge in [0.15, 0.2) is 6.29 Å². The van der Waals surface area contributed by atoms with Gasteiger partial charge in [-0.1, -0.05) is 187 Å². The average Bonchev–Trinajstić information content (AvgIpc) is 3.14. The van der Waals surface area contributed by atoms with E-state index in [2.05, 4.69) is 19.2 Å². The maximum Gasteiger partial charge on any atom is 0.220 e. The largest absolute Gasteiger partial charge is 0.394 e. The van der Waals surface area contributed by atoms with Crippen LogP contribution in [-0.2, 0) is 19.0 Å². The molecule has 9 heteroatoms. The molecule has 0 unspecified atom stereocenters. The summed E-state index contributed by atoms with van der Waals surface area (Å²) in [5.74, 6) is -0.0582. The van der Waals surface area contributed by atoms with Gasteiger partial charge in [-0.2, -0.15) is 0 Å². The normalized spacial score (nSPS) is 21.1. The van der Waals surface area contributed by atoms with Crippen molar-refractivity contribution in [2.24, 2.45) is 0 Å². The van der Waals surface area contributed by atoms with E-state index in [1.54, 1.807) is 0 Å². The fraction of sp³-hybridized carbons (Fsp3) is 0.977. The lowest BCUT2D eigenvalue weighted by atomic mass is 9.99. The Bertz CT molecular complexity index is 771. The Kier molecular flexibility index (Phi) is 33.9. The molecule has 9 nitrogen and oxygen atoms in total. The van der Waals surface area contributed by atoms with E-state index in [9.17, 15) is 25.2 Å². The molecule has 0 saturated carbocycles. The Morgan fingerprint density at radius 3 is 1.38 bits per heavy atom. The van der Waals surface area contributed by atoms with Gasteiger partial charge < -0.3 is 40.0 Å². The predicted octanol–water partition coefficient (Wildman–Crippen LogP) is 9.05. The second-order valence-electron chi connectivity index (χ2n) is 15.7. The van der Waals surface area contributed by atoms with Crippen molar-refractivity contribution in [2.75, 3.05) is 26.4 Å².